The summed E-state index contributed by atoms with van der Waals surface area (Å²) in [6.07, 6.45) is 2.34. The molecule has 184 valence electrons. The first-order chi connectivity index (χ1) is 16.4. The number of nitrogens with zero attached hydrogens (tertiary/aromatic N) is 2. The maximum atomic E-state index is 13.3. The SMILES string of the molecule is CCc1ccc(C(=O)NC2CCN(Cc3cccc(C)c3)CC2)cc1S(=O)(=O)N1CCOCC1. The molecule has 0 saturated carbocycles. The highest BCUT2D eigenvalue weighted by atomic mass is 32.2. The number of amides is 1. The number of morpholine rings is 1. The van der Waals surface area contributed by atoms with Gasteiger partial charge in [-0.05, 0) is 49.4 Å². The van der Waals surface area contributed by atoms with Crippen molar-refractivity contribution in [3.05, 3.63) is 64.7 Å². The van der Waals surface area contributed by atoms with Crippen molar-refractivity contribution in [3.8, 4) is 0 Å². The highest BCUT2D eigenvalue weighted by Gasteiger charge is 2.29. The number of benzene rings is 2. The minimum Gasteiger partial charge on any atom is -0.379 e. The summed E-state index contributed by atoms with van der Waals surface area (Å²) in [6, 6.07) is 13.7. The number of hydrogen-bond donors (Lipinski definition) is 1. The highest BCUT2D eigenvalue weighted by Crippen LogP contribution is 2.24. The third kappa shape index (κ3) is 5.86. The van der Waals surface area contributed by atoms with Crippen LogP contribution in [0.3, 0.4) is 0 Å². The molecule has 0 unspecified atom stereocenters. The van der Waals surface area contributed by atoms with Crippen molar-refractivity contribution < 1.29 is 17.9 Å². The van der Waals surface area contributed by atoms with Gasteiger partial charge in [0.25, 0.3) is 5.91 Å². The number of aryl methyl sites for hydroxylation is 2. The topological polar surface area (TPSA) is 79.0 Å². The quantitative estimate of drug-likeness (QED) is 0.652. The molecule has 0 spiro atoms. The maximum Gasteiger partial charge on any atom is 0.251 e. The third-order valence-corrected chi connectivity index (χ3v) is 8.69. The van der Waals surface area contributed by atoms with Gasteiger partial charge in [-0.15, -0.1) is 0 Å². The van der Waals surface area contributed by atoms with E-state index in [0.29, 0.717) is 38.3 Å². The lowest BCUT2D eigenvalue weighted by atomic mass is 10.0. The second-order valence-electron chi connectivity index (χ2n) is 9.21. The van der Waals surface area contributed by atoms with Gasteiger partial charge in [-0.3, -0.25) is 9.69 Å². The number of rotatable bonds is 7. The van der Waals surface area contributed by atoms with Crippen LogP contribution >= 0.6 is 0 Å². The largest absolute Gasteiger partial charge is 0.379 e. The number of sulfonamides is 1. The van der Waals surface area contributed by atoms with Crippen LogP contribution in [-0.2, 0) is 27.7 Å². The second-order valence-corrected chi connectivity index (χ2v) is 11.1. The Kier molecular flexibility index (Phi) is 8.03. The zero-order chi connectivity index (χ0) is 24.1. The fraction of sp³-hybridized carbons (Fsp3) is 0.500. The normalized spacial score (nSPS) is 18.6. The van der Waals surface area contributed by atoms with Crippen molar-refractivity contribution in [2.75, 3.05) is 39.4 Å². The monoisotopic (exact) mass is 485 g/mol. The van der Waals surface area contributed by atoms with Crippen molar-refractivity contribution in [2.45, 2.75) is 50.6 Å². The Hall–Kier alpha value is -2.26. The number of hydrogen-bond acceptors (Lipinski definition) is 5. The van der Waals surface area contributed by atoms with Crippen molar-refractivity contribution in [1.82, 2.24) is 14.5 Å². The molecule has 1 amide bonds. The predicted molar refractivity (Wildman–Crippen MR) is 132 cm³/mol. The maximum absolute atomic E-state index is 13.3. The minimum atomic E-state index is -3.67. The van der Waals surface area contributed by atoms with E-state index in [1.807, 2.05) is 6.92 Å². The van der Waals surface area contributed by atoms with Crippen LogP contribution in [-0.4, -0.2) is 69.0 Å². The Labute approximate surface area is 203 Å². The van der Waals surface area contributed by atoms with E-state index in [9.17, 15) is 13.2 Å². The van der Waals surface area contributed by atoms with Crippen LogP contribution in [0.5, 0.6) is 0 Å². The van der Waals surface area contributed by atoms with Gasteiger partial charge < -0.3 is 10.1 Å². The van der Waals surface area contributed by atoms with Gasteiger partial charge >= 0.3 is 0 Å². The van der Waals surface area contributed by atoms with E-state index in [1.54, 1.807) is 18.2 Å². The van der Waals surface area contributed by atoms with Gasteiger partial charge in [0.05, 0.1) is 18.1 Å². The first-order valence-corrected chi connectivity index (χ1v) is 13.6. The van der Waals surface area contributed by atoms with Gasteiger partial charge in [-0.2, -0.15) is 4.31 Å². The Balaban J connectivity index is 1.39. The van der Waals surface area contributed by atoms with E-state index in [1.165, 1.54) is 15.4 Å². The zero-order valence-electron chi connectivity index (χ0n) is 20.1. The Morgan fingerprint density at radius 1 is 1.06 bits per heavy atom. The summed E-state index contributed by atoms with van der Waals surface area (Å²) in [7, 11) is -3.67. The standard InChI is InChI=1S/C26H35N3O4S/c1-3-22-7-8-23(18-25(22)34(31,32)29-13-15-33-16-14-29)26(30)27-24-9-11-28(12-10-24)19-21-6-4-5-20(2)17-21/h4-8,17-18,24H,3,9-16,19H2,1-2H3,(H,27,30). The summed E-state index contributed by atoms with van der Waals surface area (Å²) in [5.74, 6) is -0.210. The molecule has 0 aliphatic carbocycles. The summed E-state index contributed by atoms with van der Waals surface area (Å²) in [6.45, 7) is 8.26. The number of carbonyl (C=O) groups is 1. The average molecular weight is 486 g/mol. The minimum absolute atomic E-state index is 0.0893. The smallest absolute Gasteiger partial charge is 0.251 e. The van der Waals surface area contributed by atoms with E-state index in [-0.39, 0.29) is 16.8 Å². The Morgan fingerprint density at radius 3 is 2.47 bits per heavy atom. The van der Waals surface area contributed by atoms with Gasteiger partial charge in [0.15, 0.2) is 0 Å². The first kappa shape index (κ1) is 24.9. The first-order valence-electron chi connectivity index (χ1n) is 12.2. The molecular weight excluding hydrogens is 450 g/mol. The fourth-order valence-electron chi connectivity index (χ4n) is 4.73. The van der Waals surface area contributed by atoms with Crippen LogP contribution in [0.25, 0.3) is 0 Å². The van der Waals surface area contributed by atoms with E-state index in [2.05, 4.69) is 41.4 Å². The van der Waals surface area contributed by atoms with Gasteiger partial charge in [0.2, 0.25) is 10.0 Å². The van der Waals surface area contributed by atoms with Gasteiger partial charge in [0.1, 0.15) is 0 Å². The van der Waals surface area contributed by atoms with E-state index >= 15 is 0 Å². The molecule has 2 aromatic rings. The van der Waals surface area contributed by atoms with E-state index in [4.69, 9.17) is 4.74 Å². The van der Waals surface area contributed by atoms with Gasteiger partial charge in [-0.25, -0.2) is 8.42 Å². The van der Waals surface area contributed by atoms with Crippen LogP contribution < -0.4 is 5.32 Å². The molecule has 0 bridgehead atoms. The van der Waals surface area contributed by atoms with Crippen molar-refractivity contribution in [3.63, 3.8) is 0 Å². The van der Waals surface area contributed by atoms with Crippen LogP contribution in [0, 0.1) is 6.92 Å². The molecule has 2 saturated heterocycles. The highest BCUT2D eigenvalue weighted by molar-refractivity contribution is 7.89. The van der Waals surface area contributed by atoms with Crippen LogP contribution in [0.2, 0.25) is 0 Å². The van der Waals surface area contributed by atoms with E-state index in [0.717, 1.165) is 38.0 Å². The molecule has 0 radical (unpaired) electrons. The van der Waals surface area contributed by atoms with Crippen molar-refractivity contribution in [1.29, 1.82) is 0 Å². The molecule has 1 N–H and O–H groups in total. The Bertz CT molecular complexity index is 1100. The molecule has 34 heavy (non-hydrogen) atoms. The van der Waals surface area contributed by atoms with E-state index < -0.39 is 10.0 Å². The van der Waals surface area contributed by atoms with Gasteiger partial charge in [-0.1, -0.05) is 42.8 Å². The lowest BCUT2D eigenvalue weighted by Crippen LogP contribution is -2.44. The summed E-state index contributed by atoms with van der Waals surface area (Å²) in [5.41, 5.74) is 3.70. The lowest BCUT2D eigenvalue weighted by Gasteiger charge is -2.32. The average Bonchev–Trinajstić information content (AvgIpc) is 2.85. The number of ether oxygens (including phenoxy) is 1. The molecule has 2 aliphatic rings. The summed E-state index contributed by atoms with van der Waals surface area (Å²) >= 11 is 0. The third-order valence-electron chi connectivity index (χ3n) is 6.71. The molecule has 7 nitrogen and oxygen atoms in total. The number of nitrogens with one attached hydrogen (secondary N) is 1. The predicted octanol–water partition coefficient (Wildman–Crippen LogP) is 2.97. The fourth-order valence-corrected chi connectivity index (χ4v) is 6.45. The van der Waals surface area contributed by atoms with Crippen LogP contribution in [0.1, 0.15) is 46.8 Å². The number of carbonyl (C=O) groups excluding carboxylic acids is 1. The molecule has 2 aromatic carbocycles. The molecule has 2 aliphatic heterocycles. The summed E-state index contributed by atoms with van der Waals surface area (Å²) in [5, 5.41) is 3.13. The number of piperidine rings is 1. The summed E-state index contributed by atoms with van der Waals surface area (Å²) < 4.78 is 33.3. The Morgan fingerprint density at radius 2 is 1.79 bits per heavy atom. The molecule has 2 heterocycles. The molecule has 2 fully saturated rings. The molecule has 0 aromatic heterocycles. The summed E-state index contributed by atoms with van der Waals surface area (Å²) in [4.78, 5) is 15.7. The van der Waals surface area contributed by atoms with Crippen LogP contribution in [0.15, 0.2) is 47.4 Å². The van der Waals surface area contributed by atoms with Gasteiger partial charge in [0, 0.05) is 44.3 Å². The lowest BCUT2D eigenvalue weighted by molar-refractivity contribution is 0.0730. The molecule has 0 atom stereocenters. The number of likely N-dealkylation sites (tertiary alicyclic amines) is 1. The molecule has 8 heteroatoms. The second kappa shape index (κ2) is 11.0. The zero-order valence-corrected chi connectivity index (χ0v) is 20.9. The van der Waals surface area contributed by atoms with Crippen LogP contribution in [0.4, 0.5) is 0 Å². The molecular formula is C26H35N3O4S. The molecule has 4 rings (SSSR count). The van der Waals surface area contributed by atoms with Crippen molar-refractivity contribution in [2.24, 2.45) is 0 Å². The van der Waals surface area contributed by atoms with Crippen molar-refractivity contribution >= 4 is 15.9 Å².